The van der Waals surface area contributed by atoms with Gasteiger partial charge in [0, 0.05) is 38.6 Å². The number of allylic oxidation sites excluding steroid dienone is 1. The normalized spacial score (nSPS) is 10.9. The van der Waals surface area contributed by atoms with Gasteiger partial charge in [-0.2, -0.15) is 5.10 Å². The predicted octanol–water partition coefficient (Wildman–Crippen LogP) is 1.47. The van der Waals surface area contributed by atoms with E-state index in [0.717, 1.165) is 12.2 Å². The maximum absolute atomic E-state index is 11.7. The largest absolute Gasteiger partial charge is 0.383 e. The number of aromatic nitrogens is 2. The highest BCUT2D eigenvalue weighted by Gasteiger charge is 2.10. The zero-order valence-electron chi connectivity index (χ0n) is 9.69. The summed E-state index contributed by atoms with van der Waals surface area (Å²) >= 11 is 0. The summed E-state index contributed by atoms with van der Waals surface area (Å²) in [5.74, 6) is 0.000833. The van der Waals surface area contributed by atoms with Crippen LogP contribution in [0.4, 0.5) is 0 Å². The molecule has 4 heteroatoms. The van der Waals surface area contributed by atoms with Gasteiger partial charge in [0.15, 0.2) is 5.78 Å². The zero-order valence-corrected chi connectivity index (χ0v) is 9.69. The van der Waals surface area contributed by atoms with Crippen molar-refractivity contribution in [2.75, 3.05) is 14.1 Å². The van der Waals surface area contributed by atoms with E-state index < -0.39 is 0 Å². The van der Waals surface area contributed by atoms with Gasteiger partial charge in [0.05, 0.1) is 11.8 Å². The molecule has 0 N–H and O–H groups in total. The number of hydrogen-bond donors (Lipinski definition) is 0. The van der Waals surface area contributed by atoms with Crippen molar-refractivity contribution in [1.82, 2.24) is 14.7 Å². The van der Waals surface area contributed by atoms with Crippen molar-refractivity contribution >= 4 is 5.78 Å². The first kappa shape index (κ1) is 11.5. The van der Waals surface area contributed by atoms with Gasteiger partial charge in [0.2, 0.25) is 0 Å². The van der Waals surface area contributed by atoms with Gasteiger partial charge in [0.1, 0.15) is 0 Å². The van der Waals surface area contributed by atoms with E-state index in [1.165, 1.54) is 0 Å². The number of nitrogens with zero attached hydrogens (tertiary/aromatic N) is 3. The minimum atomic E-state index is 0.000833. The Labute approximate surface area is 90.2 Å². The molecule has 0 bridgehead atoms. The van der Waals surface area contributed by atoms with Gasteiger partial charge in [-0.15, -0.1) is 0 Å². The molecule has 1 rings (SSSR count). The van der Waals surface area contributed by atoms with Crippen molar-refractivity contribution in [3.05, 3.63) is 29.7 Å². The summed E-state index contributed by atoms with van der Waals surface area (Å²) in [5, 5.41) is 4.13. The minimum Gasteiger partial charge on any atom is -0.383 e. The Bertz CT molecular complexity index is 377. The van der Waals surface area contributed by atoms with E-state index in [0.29, 0.717) is 5.56 Å². The van der Waals surface area contributed by atoms with Crippen LogP contribution in [0.1, 0.15) is 23.0 Å². The van der Waals surface area contributed by atoms with Gasteiger partial charge in [-0.25, -0.2) is 0 Å². The van der Waals surface area contributed by atoms with E-state index in [2.05, 4.69) is 5.10 Å². The van der Waals surface area contributed by atoms with Crippen LogP contribution < -0.4 is 0 Å². The van der Waals surface area contributed by atoms with E-state index in [-0.39, 0.29) is 5.78 Å². The van der Waals surface area contributed by atoms with E-state index in [1.807, 2.05) is 37.5 Å². The molecule has 1 aromatic rings. The molecular weight excluding hydrogens is 190 g/mol. The molecule has 0 unspecified atom stereocenters. The smallest absolute Gasteiger partial charge is 0.190 e. The highest BCUT2D eigenvalue weighted by molar-refractivity contribution is 6.05. The summed E-state index contributed by atoms with van der Waals surface area (Å²) in [6, 6.07) is 0. The van der Waals surface area contributed by atoms with Crippen molar-refractivity contribution in [2.45, 2.75) is 20.4 Å². The van der Waals surface area contributed by atoms with Crippen LogP contribution in [-0.2, 0) is 6.54 Å². The van der Waals surface area contributed by atoms with Gasteiger partial charge in [-0.1, -0.05) is 0 Å². The molecule has 0 atom stereocenters. The summed E-state index contributed by atoms with van der Waals surface area (Å²) < 4.78 is 1.82. The number of carbonyl (C=O) groups excluding carboxylic acids is 1. The molecule has 0 fully saturated rings. The molecule has 0 amide bonds. The quantitative estimate of drug-likeness (QED) is 0.554. The molecule has 0 aliphatic carbocycles. The molecule has 0 spiro atoms. The first-order chi connectivity index (χ1) is 7.06. The predicted molar refractivity (Wildman–Crippen MR) is 59.8 cm³/mol. The second kappa shape index (κ2) is 4.77. The fourth-order valence-corrected chi connectivity index (χ4v) is 1.31. The second-order valence-electron chi connectivity index (χ2n) is 3.60. The van der Waals surface area contributed by atoms with Crippen LogP contribution in [-0.4, -0.2) is 34.6 Å². The summed E-state index contributed by atoms with van der Waals surface area (Å²) in [5.41, 5.74) is 1.60. The van der Waals surface area contributed by atoms with Gasteiger partial charge < -0.3 is 4.90 Å². The molecule has 4 nitrogen and oxygen atoms in total. The Morgan fingerprint density at radius 1 is 1.60 bits per heavy atom. The second-order valence-corrected chi connectivity index (χ2v) is 3.60. The third kappa shape index (κ3) is 2.68. The number of aryl methyl sites for hydroxylation is 1. The molecule has 0 radical (unpaired) electrons. The van der Waals surface area contributed by atoms with Crippen LogP contribution in [0, 0.1) is 6.92 Å². The van der Waals surface area contributed by atoms with E-state index in [1.54, 1.807) is 18.5 Å². The maximum Gasteiger partial charge on any atom is 0.190 e. The highest BCUT2D eigenvalue weighted by Crippen LogP contribution is 2.08. The summed E-state index contributed by atoms with van der Waals surface area (Å²) in [6.45, 7) is 4.70. The third-order valence-electron chi connectivity index (χ3n) is 2.19. The first-order valence-corrected chi connectivity index (χ1v) is 4.97. The van der Waals surface area contributed by atoms with Gasteiger partial charge in [-0.05, 0) is 13.8 Å². The molecule has 82 valence electrons. The van der Waals surface area contributed by atoms with Crippen LogP contribution in [0.25, 0.3) is 0 Å². The number of carbonyl (C=O) groups is 1. The Morgan fingerprint density at radius 3 is 2.73 bits per heavy atom. The van der Waals surface area contributed by atoms with Crippen LogP contribution in [0.3, 0.4) is 0 Å². The Balaban J connectivity index is 2.87. The van der Waals surface area contributed by atoms with Crippen molar-refractivity contribution < 1.29 is 4.79 Å². The average Bonchev–Trinajstić information content (AvgIpc) is 2.56. The van der Waals surface area contributed by atoms with E-state index in [4.69, 9.17) is 0 Å². The number of ketones is 1. The summed E-state index contributed by atoms with van der Waals surface area (Å²) in [4.78, 5) is 13.6. The zero-order chi connectivity index (χ0) is 11.4. The molecule has 0 saturated heterocycles. The van der Waals surface area contributed by atoms with Crippen molar-refractivity contribution in [2.24, 2.45) is 0 Å². The Kier molecular flexibility index (Phi) is 3.66. The summed E-state index contributed by atoms with van der Waals surface area (Å²) in [6.07, 6.45) is 4.93. The molecular formula is C11H17N3O. The van der Waals surface area contributed by atoms with Crippen LogP contribution >= 0.6 is 0 Å². The minimum absolute atomic E-state index is 0.000833. The van der Waals surface area contributed by atoms with E-state index in [9.17, 15) is 4.79 Å². The lowest BCUT2D eigenvalue weighted by Crippen LogP contribution is -2.04. The molecule has 1 heterocycles. The molecule has 0 aliphatic rings. The van der Waals surface area contributed by atoms with Gasteiger partial charge >= 0.3 is 0 Å². The highest BCUT2D eigenvalue weighted by atomic mass is 16.1. The lowest BCUT2D eigenvalue weighted by Gasteiger charge is -2.02. The fraction of sp³-hybridized carbons (Fsp3) is 0.455. The molecule has 15 heavy (non-hydrogen) atoms. The molecule has 0 aromatic carbocycles. The lowest BCUT2D eigenvalue weighted by molar-refractivity contribution is 0.104. The van der Waals surface area contributed by atoms with Crippen LogP contribution in [0.2, 0.25) is 0 Å². The molecule has 1 aromatic heterocycles. The Hall–Kier alpha value is -1.58. The average molecular weight is 207 g/mol. The van der Waals surface area contributed by atoms with Gasteiger partial charge in [-0.3, -0.25) is 9.48 Å². The lowest BCUT2D eigenvalue weighted by atomic mass is 10.2. The van der Waals surface area contributed by atoms with Gasteiger partial charge in [0.25, 0.3) is 0 Å². The monoisotopic (exact) mass is 207 g/mol. The SMILES string of the molecule is CCn1ncc(C(=O)C=CN(C)C)c1C. The summed E-state index contributed by atoms with van der Waals surface area (Å²) in [7, 11) is 3.76. The first-order valence-electron chi connectivity index (χ1n) is 4.97. The van der Waals surface area contributed by atoms with Crippen molar-refractivity contribution in [1.29, 1.82) is 0 Å². The standard InChI is InChI=1S/C11H17N3O/c1-5-14-9(2)10(8-12-14)11(15)6-7-13(3)4/h6-8H,5H2,1-4H3. The molecule has 0 saturated carbocycles. The fourth-order valence-electron chi connectivity index (χ4n) is 1.31. The Morgan fingerprint density at radius 2 is 2.27 bits per heavy atom. The van der Waals surface area contributed by atoms with Crippen LogP contribution in [0.5, 0.6) is 0 Å². The topological polar surface area (TPSA) is 38.1 Å². The third-order valence-corrected chi connectivity index (χ3v) is 2.19. The van der Waals surface area contributed by atoms with E-state index >= 15 is 0 Å². The maximum atomic E-state index is 11.7. The van der Waals surface area contributed by atoms with Crippen LogP contribution in [0.15, 0.2) is 18.5 Å². The number of rotatable bonds is 4. The number of hydrogen-bond acceptors (Lipinski definition) is 3. The molecule has 0 aliphatic heterocycles. The van der Waals surface area contributed by atoms with Crippen molar-refractivity contribution in [3.8, 4) is 0 Å². The van der Waals surface area contributed by atoms with Crippen molar-refractivity contribution in [3.63, 3.8) is 0 Å².